The van der Waals surface area contributed by atoms with E-state index in [1.807, 2.05) is 25.2 Å². The lowest BCUT2D eigenvalue weighted by molar-refractivity contribution is 0.534. The van der Waals surface area contributed by atoms with E-state index in [-0.39, 0.29) is 5.41 Å². The molecule has 0 saturated heterocycles. The summed E-state index contributed by atoms with van der Waals surface area (Å²) >= 11 is 4.35. The Hall–Kier alpha value is -0.170. The van der Waals surface area contributed by atoms with Gasteiger partial charge in [-0.05, 0) is 17.2 Å². The van der Waals surface area contributed by atoms with Crippen LogP contribution in [-0.2, 0) is 0 Å². The van der Waals surface area contributed by atoms with Crippen LogP contribution in [-0.4, -0.2) is 0 Å². The summed E-state index contributed by atoms with van der Waals surface area (Å²) < 4.78 is 0. The van der Waals surface area contributed by atoms with Crippen LogP contribution >= 0.6 is 12.6 Å². The van der Waals surface area contributed by atoms with Gasteiger partial charge in [-0.1, -0.05) is 39.0 Å². The fraction of sp³-hybridized carbons (Fsp3) is 0.556. The molecule has 0 aliphatic rings. The van der Waals surface area contributed by atoms with E-state index in [2.05, 4.69) is 33.4 Å². The van der Waals surface area contributed by atoms with Crippen molar-refractivity contribution in [1.82, 2.24) is 0 Å². The van der Waals surface area contributed by atoms with Crippen LogP contribution in [0.2, 0.25) is 0 Å². The molecule has 0 unspecified atom stereocenters. The van der Waals surface area contributed by atoms with Crippen molar-refractivity contribution in [3.8, 4) is 0 Å². The van der Waals surface area contributed by atoms with Gasteiger partial charge in [0.05, 0.1) is 0 Å². The predicted molar refractivity (Wildman–Crippen MR) is 51.3 cm³/mol. The van der Waals surface area contributed by atoms with Crippen LogP contribution in [0.1, 0.15) is 27.7 Å². The Morgan fingerprint density at radius 2 is 1.80 bits per heavy atom. The van der Waals surface area contributed by atoms with Crippen LogP contribution in [0.3, 0.4) is 0 Å². The maximum atomic E-state index is 4.35. The fourth-order valence-electron chi connectivity index (χ4n) is 0.437. The van der Waals surface area contributed by atoms with Crippen molar-refractivity contribution in [3.63, 3.8) is 0 Å². The van der Waals surface area contributed by atoms with Crippen LogP contribution in [0, 0.1) is 5.41 Å². The maximum Gasteiger partial charge on any atom is -0.00746 e. The van der Waals surface area contributed by atoms with Crippen LogP contribution in [0.25, 0.3) is 0 Å². The minimum Gasteiger partial charge on any atom is -0.147 e. The Labute approximate surface area is 69.4 Å². The maximum absolute atomic E-state index is 4.35. The average Bonchev–Trinajstić information content (AvgIpc) is 1.80. The van der Waals surface area contributed by atoms with E-state index in [9.17, 15) is 0 Å². The second kappa shape index (κ2) is 3.87. The first-order valence-electron chi connectivity index (χ1n) is 3.51. The van der Waals surface area contributed by atoms with Crippen LogP contribution in [0.5, 0.6) is 0 Å². The minimum atomic E-state index is 0.183. The molecule has 58 valence electrons. The molecular formula is C9H16S. The fourth-order valence-corrected chi connectivity index (χ4v) is 0.523. The number of rotatable bonds is 1. The Bertz CT molecular complexity index is 147. The molecule has 0 amide bonds. The molecule has 0 nitrogen and oxygen atoms in total. The summed E-state index contributed by atoms with van der Waals surface area (Å²) in [6.45, 7) is 8.44. The quantitative estimate of drug-likeness (QED) is 0.436. The summed E-state index contributed by atoms with van der Waals surface area (Å²) in [4.78, 5) is 1.12. The summed E-state index contributed by atoms with van der Waals surface area (Å²) in [7, 11) is 0. The lowest BCUT2D eigenvalue weighted by atomic mass is 9.96. The highest BCUT2D eigenvalue weighted by Crippen LogP contribution is 2.27. The van der Waals surface area contributed by atoms with E-state index in [1.165, 1.54) is 0 Å². The molecule has 10 heavy (non-hydrogen) atoms. The normalized spacial score (nSPS) is 14.7. The van der Waals surface area contributed by atoms with E-state index < -0.39 is 0 Å². The number of thiol groups is 1. The molecule has 0 radical (unpaired) electrons. The van der Waals surface area contributed by atoms with Gasteiger partial charge in [0.25, 0.3) is 0 Å². The molecule has 1 heteroatoms. The van der Waals surface area contributed by atoms with Gasteiger partial charge >= 0.3 is 0 Å². The zero-order valence-corrected chi connectivity index (χ0v) is 8.07. The molecule has 0 fully saturated rings. The zero-order valence-electron chi connectivity index (χ0n) is 7.18. The highest BCUT2D eigenvalue weighted by atomic mass is 32.1. The SMILES string of the molecule is C/C=C\C=C(/S)C(C)(C)C. The van der Waals surface area contributed by atoms with E-state index in [0.717, 1.165) is 4.91 Å². The monoisotopic (exact) mass is 156 g/mol. The molecule has 0 N–H and O–H groups in total. The van der Waals surface area contributed by atoms with Gasteiger partial charge in [0.1, 0.15) is 0 Å². The molecule has 0 aromatic heterocycles. The van der Waals surface area contributed by atoms with Gasteiger partial charge < -0.3 is 0 Å². The molecule has 0 atom stereocenters. The summed E-state index contributed by atoms with van der Waals surface area (Å²) in [5.74, 6) is 0. The third-order valence-electron chi connectivity index (χ3n) is 1.21. The first-order valence-corrected chi connectivity index (χ1v) is 3.95. The van der Waals surface area contributed by atoms with E-state index in [4.69, 9.17) is 0 Å². The second-order valence-electron chi connectivity index (χ2n) is 3.33. The molecule has 0 aliphatic heterocycles. The van der Waals surface area contributed by atoms with Crippen LogP contribution in [0.4, 0.5) is 0 Å². The lowest BCUT2D eigenvalue weighted by Gasteiger charge is -2.17. The predicted octanol–water partition coefficient (Wildman–Crippen LogP) is 3.42. The van der Waals surface area contributed by atoms with Gasteiger partial charge in [-0.3, -0.25) is 0 Å². The Morgan fingerprint density at radius 3 is 2.10 bits per heavy atom. The van der Waals surface area contributed by atoms with Gasteiger partial charge in [0.2, 0.25) is 0 Å². The molecule has 0 spiro atoms. The van der Waals surface area contributed by atoms with Gasteiger partial charge in [-0.25, -0.2) is 0 Å². The van der Waals surface area contributed by atoms with Crippen molar-refractivity contribution in [2.24, 2.45) is 5.41 Å². The van der Waals surface area contributed by atoms with E-state index in [0.29, 0.717) is 0 Å². The minimum absolute atomic E-state index is 0.183. The highest BCUT2D eigenvalue weighted by molar-refractivity contribution is 7.84. The van der Waals surface area contributed by atoms with Crippen molar-refractivity contribution in [2.75, 3.05) is 0 Å². The molecule has 0 saturated carbocycles. The molecule has 0 aliphatic carbocycles. The molecule has 0 aromatic rings. The van der Waals surface area contributed by atoms with Crippen molar-refractivity contribution in [1.29, 1.82) is 0 Å². The standard InChI is InChI=1S/C9H16S/c1-5-6-7-8(10)9(2,3)4/h5-7,10H,1-4H3/b6-5-,8-7-. The van der Waals surface area contributed by atoms with Gasteiger partial charge in [0, 0.05) is 0 Å². The van der Waals surface area contributed by atoms with Crippen molar-refractivity contribution in [3.05, 3.63) is 23.1 Å². The lowest BCUT2D eigenvalue weighted by Crippen LogP contribution is -2.03. The number of hydrogen-bond acceptors (Lipinski definition) is 1. The molecular weight excluding hydrogens is 140 g/mol. The van der Waals surface area contributed by atoms with E-state index >= 15 is 0 Å². The Morgan fingerprint density at radius 1 is 1.30 bits per heavy atom. The van der Waals surface area contributed by atoms with Crippen molar-refractivity contribution in [2.45, 2.75) is 27.7 Å². The second-order valence-corrected chi connectivity index (χ2v) is 3.81. The summed E-state index contributed by atoms with van der Waals surface area (Å²) in [6, 6.07) is 0. The molecule has 0 bridgehead atoms. The topological polar surface area (TPSA) is 0 Å². The molecule has 0 rings (SSSR count). The molecule has 0 heterocycles. The molecule has 0 aromatic carbocycles. The summed E-state index contributed by atoms with van der Waals surface area (Å²) in [5.41, 5.74) is 0.183. The van der Waals surface area contributed by atoms with Gasteiger partial charge in [0.15, 0.2) is 0 Å². The first kappa shape index (κ1) is 9.83. The first-order chi connectivity index (χ1) is 4.48. The van der Waals surface area contributed by atoms with E-state index in [1.54, 1.807) is 0 Å². The third-order valence-corrected chi connectivity index (χ3v) is 2.03. The number of hydrogen-bond donors (Lipinski definition) is 1. The Kier molecular flexibility index (Phi) is 3.80. The number of allylic oxidation sites excluding steroid dienone is 4. The van der Waals surface area contributed by atoms with Crippen LogP contribution in [0.15, 0.2) is 23.1 Å². The summed E-state index contributed by atoms with van der Waals surface area (Å²) in [6.07, 6.45) is 6.04. The summed E-state index contributed by atoms with van der Waals surface area (Å²) in [5, 5.41) is 0. The van der Waals surface area contributed by atoms with Gasteiger partial charge in [-0.15, -0.1) is 12.6 Å². The third kappa shape index (κ3) is 3.78. The smallest absolute Gasteiger partial charge is 0.00746 e. The van der Waals surface area contributed by atoms with Crippen molar-refractivity contribution < 1.29 is 0 Å². The van der Waals surface area contributed by atoms with Crippen LogP contribution < -0.4 is 0 Å². The zero-order chi connectivity index (χ0) is 8.20. The Balaban J connectivity index is 4.20. The largest absolute Gasteiger partial charge is 0.147 e. The van der Waals surface area contributed by atoms with Crippen molar-refractivity contribution >= 4 is 12.6 Å². The average molecular weight is 156 g/mol. The van der Waals surface area contributed by atoms with Gasteiger partial charge in [-0.2, -0.15) is 0 Å². The highest BCUT2D eigenvalue weighted by Gasteiger charge is 2.11.